The Bertz CT molecular complexity index is 666. The van der Waals surface area contributed by atoms with Crippen molar-refractivity contribution in [2.75, 3.05) is 4.72 Å². The van der Waals surface area contributed by atoms with Gasteiger partial charge in [-0.05, 0) is 17.5 Å². The fraction of sp³-hybridized carbons (Fsp3) is 0.300. The number of sulfonamides is 1. The van der Waals surface area contributed by atoms with Crippen molar-refractivity contribution in [2.45, 2.75) is 24.7 Å². The van der Waals surface area contributed by atoms with E-state index in [-0.39, 0.29) is 22.0 Å². The van der Waals surface area contributed by atoms with Crippen LogP contribution in [0.5, 0.6) is 0 Å². The third kappa shape index (κ3) is 3.21. The highest BCUT2D eigenvalue weighted by molar-refractivity contribution is 7.92. The molecule has 2 aromatic heterocycles. The van der Waals surface area contributed by atoms with E-state index in [0.717, 1.165) is 12.4 Å². The first-order chi connectivity index (χ1) is 8.88. The molecule has 0 aromatic carbocycles. The first-order valence-corrected chi connectivity index (χ1v) is 7.21. The van der Waals surface area contributed by atoms with Gasteiger partial charge in [0.25, 0.3) is 10.0 Å². The lowest BCUT2D eigenvalue weighted by atomic mass is 10.1. The Morgan fingerprint density at radius 1 is 1.32 bits per heavy atom. The molecule has 0 atom stereocenters. The van der Waals surface area contributed by atoms with Gasteiger partial charge < -0.3 is 4.52 Å². The minimum Gasteiger partial charge on any atom is -0.338 e. The molecule has 102 valence electrons. The Morgan fingerprint density at radius 2 is 1.95 bits per heavy atom. The van der Waals surface area contributed by atoms with Gasteiger partial charge in [-0.1, -0.05) is 19.0 Å². The SMILES string of the molecule is CC(C)c1cc(NS(=O)(=O)c2cnc(Cl)nc2)on1. The van der Waals surface area contributed by atoms with Gasteiger partial charge in [-0.2, -0.15) is 0 Å². The molecule has 2 aromatic rings. The quantitative estimate of drug-likeness (QED) is 0.868. The summed E-state index contributed by atoms with van der Waals surface area (Å²) < 4.78 is 31.1. The zero-order valence-electron chi connectivity index (χ0n) is 10.2. The monoisotopic (exact) mass is 302 g/mol. The molecule has 2 heterocycles. The number of anilines is 1. The number of rotatable bonds is 4. The van der Waals surface area contributed by atoms with Crippen molar-refractivity contribution >= 4 is 27.5 Å². The summed E-state index contributed by atoms with van der Waals surface area (Å²) in [5, 5.41) is 3.73. The number of halogens is 1. The lowest BCUT2D eigenvalue weighted by Crippen LogP contribution is -2.13. The van der Waals surface area contributed by atoms with E-state index < -0.39 is 10.0 Å². The van der Waals surface area contributed by atoms with Crippen LogP contribution in [-0.2, 0) is 10.0 Å². The minimum absolute atomic E-state index is 0.0271. The van der Waals surface area contributed by atoms with Crippen LogP contribution in [0, 0.1) is 0 Å². The van der Waals surface area contributed by atoms with Crippen molar-refractivity contribution in [3.05, 3.63) is 29.4 Å². The first kappa shape index (κ1) is 13.8. The van der Waals surface area contributed by atoms with E-state index in [0.29, 0.717) is 5.69 Å². The van der Waals surface area contributed by atoms with Crippen LogP contribution in [0.15, 0.2) is 27.9 Å². The molecule has 1 N–H and O–H groups in total. The van der Waals surface area contributed by atoms with Crippen molar-refractivity contribution in [2.24, 2.45) is 0 Å². The van der Waals surface area contributed by atoms with Crippen LogP contribution in [0.4, 0.5) is 5.88 Å². The van der Waals surface area contributed by atoms with Crippen LogP contribution in [0.2, 0.25) is 5.28 Å². The molecule has 0 aliphatic heterocycles. The van der Waals surface area contributed by atoms with Crippen LogP contribution >= 0.6 is 11.6 Å². The van der Waals surface area contributed by atoms with Gasteiger partial charge in [0.15, 0.2) is 0 Å². The summed E-state index contributed by atoms with van der Waals surface area (Å²) >= 11 is 5.49. The molecule has 0 unspecified atom stereocenters. The molecule has 0 aliphatic carbocycles. The predicted molar refractivity (Wildman–Crippen MR) is 68.4 cm³/mol. The van der Waals surface area contributed by atoms with Gasteiger partial charge in [0.2, 0.25) is 11.2 Å². The first-order valence-electron chi connectivity index (χ1n) is 5.35. The zero-order valence-corrected chi connectivity index (χ0v) is 11.7. The lowest BCUT2D eigenvalue weighted by molar-refractivity contribution is 0.423. The molecule has 19 heavy (non-hydrogen) atoms. The number of nitrogens with one attached hydrogen (secondary N) is 1. The highest BCUT2D eigenvalue weighted by Crippen LogP contribution is 2.20. The Labute approximate surface area is 115 Å². The molecule has 0 spiro atoms. The van der Waals surface area contributed by atoms with Gasteiger partial charge in [-0.15, -0.1) is 0 Å². The molecule has 0 radical (unpaired) electrons. The topological polar surface area (TPSA) is 98.0 Å². The largest absolute Gasteiger partial charge is 0.338 e. The van der Waals surface area contributed by atoms with Crippen LogP contribution in [-0.4, -0.2) is 23.5 Å². The molecule has 0 bridgehead atoms. The number of hydrogen-bond donors (Lipinski definition) is 1. The van der Waals surface area contributed by atoms with E-state index in [9.17, 15) is 8.42 Å². The maximum absolute atomic E-state index is 12.0. The van der Waals surface area contributed by atoms with E-state index in [1.807, 2.05) is 13.8 Å². The summed E-state index contributed by atoms with van der Waals surface area (Å²) in [7, 11) is -3.81. The molecular weight excluding hydrogens is 292 g/mol. The van der Waals surface area contributed by atoms with Crippen molar-refractivity contribution in [3.63, 3.8) is 0 Å². The van der Waals surface area contributed by atoms with Crippen LogP contribution in [0.25, 0.3) is 0 Å². The molecule has 9 heteroatoms. The van der Waals surface area contributed by atoms with Gasteiger partial charge in [0.1, 0.15) is 4.90 Å². The normalized spacial score (nSPS) is 11.8. The van der Waals surface area contributed by atoms with Gasteiger partial charge >= 0.3 is 0 Å². The third-order valence-electron chi connectivity index (χ3n) is 2.26. The number of hydrogen-bond acceptors (Lipinski definition) is 6. The maximum Gasteiger partial charge on any atom is 0.267 e. The number of nitrogens with zero attached hydrogens (tertiary/aromatic N) is 3. The Morgan fingerprint density at radius 3 is 2.47 bits per heavy atom. The summed E-state index contributed by atoms with van der Waals surface area (Å²) in [5.74, 6) is 0.180. The highest BCUT2D eigenvalue weighted by atomic mass is 35.5. The molecule has 0 saturated heterocycles. The molecule has 0 fully saturated rings. The van der Waals surface area contributed by atoms with Crippen LogP contribution in [0.1, 0.15) is 25.5 Å². The van der Waals surface area contributed by atoms with E-state index in [1.165, 1.54) is 6.07 Å². The smallest absolute Gasteiger partial charge is 0.267 e. The van der Waals surface area contributed by atoms with Gasteiger partial charge in [-0.25, -0.2) is 23.1 Å². The summed E-state index contributed by atoms with van der Waals surface area (Å²) in [4.78, 5) is 7.11. The average molecular weight is 303 g/mol. The van der Waals surface area contributed by atoms with Crippen molar-refractivity contribution in [1.29, 1.82) is 0 Å². The summed E-state index contributed by atoms with van der Waals surface area (Å²) in [6.07, 6.45) is 2.22. The second kappa shape index (κ2) is 5.14. The Kier molecular flexibility index (Phi) is 3.72. The third-order valence-corrected chi connectivity index (χ3v) is 3.76. The van der Waals surface area contributed by atoms with E-state index >= 15 is 0 Å². The standard InChI is InChI=1S/C10H11ClN4O3S/c1-6(2)8-3-9(18-14-8)15-19(16,17)7-4-12-10(11)13-5-7/h3-6,15H,1-2H3. The molecule has 0 aliphatic rings. The lowest BCUT2D eigenvalue weighted by Gasteiger charge is -2.03. The minimum atomic E-state index is -3.81. The van der Waals surface area contributed by atoms with E-state index in [4.69, 9.17) is 16.1 Å². The fourth-order valence-electron chi connectivity index (χ4n) is 1.24. The summed E-state index contributed by atoms with van der Waals surface area (Å²) in [6, 6.07) is 1.53. The van der Waals surface area contributed by atoms with Crippen molar-refractivity contribution in [3.8, 4) is 0 Å². The molecular formula is C10H11ClN4O3S. The summed E-state index contributed by atoms with van der Waals surface area (Å²) in [5.41, 5.74) is 0.657. The molecule has 0 amide bonds. The van der Waals surface area contributed by atoms with Gasteiger partial charge in [0.05, 0.1) is 18.1 Å². The Hall–Kier alpha value is -1.67. The maximum atomic E-state index is 12.0. The van der Waals surface area contributed by atoms with Crippen molar-refractivity contribution < 1.29 is 12.9 Å². The van der Waals surface area contributed by atoms with Crippen LogP contribution < -0.4 is 4.72 Å². The average Bonchev–Trinajstić information content (AvgIpc) is 2.77. The Balaban J connectivity index is 2.23. The summed E-state index contributed by atoms with van der Waals surface area (Å²) in [6.45, 7) is 3.84. The second-order valence-electron chi connectivity index (χ2n) is 4.06. The van der Waals surface area contributed by atoms with Crippen molar-refractivity contribution in [1.82, 2.24) is 15.1 Å². The van der Waals surface area contributed by atoms with Gasteiger partial charge in [0, 0.05) is 6.07 Å². The zero-order chi connectivity index (χ0) is 14.0. The van der Waals surface area contributed by atoms with E-state index in [1.54, 1.807) is 0 Å². The number of aromatic nitrogens is 3. The second-order valence-corrected chi connectivity index (χ2v) is 6.08. The predicted octanol–water partition coefficient (Wildman–Crippen LogP) is 2.04. The molecule has 7 nitrogen and oxygen atoms in total. The van der Waals surface area contributed by atoms with E-state index in [2.05, 4.69) is 19.8 Å². The molecule has 2 rings (SSSR count). The van der Waals surface area contributed by atoms with Gasteiger partial charge in [-0.3, -0.25) is 0 Å². The highest BCUT2D eigenvalue weighted by Gasteiger charge is 2.18. The molecule has 0 saturated carbocycles. The van der Waals surface area contributed by atoms with Crippen LogP contribution in [0.3, 0.4) is 0 Å². The fourth-order valence-corrected chi connectivity index (χ4v) is 2.20.